The van der Waals surface area contributed by atoms with Crippen molar-refractivity contribution in [2.45, 2.75) is 49.6 Å². The minimum absolute atomic E-state index is 0.166. The number of hydrogen-bond donors (Lipinski definition) is 1. The lowest BCUT2D eigenvalue weighted by Gasteiger charge is -2.39. The van der Waals surface area contributed by atoms with Crippen LogP contribution in [0, 0.1) is 11.8 Å². The van der Waals surface area contributed by atoms with Crippen molar-refractivity contribution in [3.63, 3.8) is 0 Å². The molecule has 2 aromatic heterocycles. The summed E-state index contributed by atoms with van der Waals surface area (Å²) in [5, 5.41) is 10.1. The van der Waals surface area contributed by atoms with Gasteiger partial charge >= 0.3 is 5.97 Å². The highest BCUT2D eigenvalue weighted by Crippen LogP contribution is 2.36. The fraction of sp³-hybridized carbons (Fsp3) is 0.483. The number of fused-ring (bicyclic) bond motifs is 1. The highest BCUT2D eigenvalue weighted by molar-refractivity contribution is 7.99. The van der Waals surface area contributed by atoms with Gasteiger partial charge in [-0.1, -0.05) is 0 Å². The number of halogens is 1. The highest BCUT2D eigenvalue weighted by Gasteiger charge is 2.30. The fourth-order valence-corrected chi connectivity index (χ4v) is 6.17. The van der Waals surface area contributed by atoms with E-state index in [0.29, 0.717) is 30.1 Å². The van der Waals surface area contributed by atoms with E-state index in [4.69, 9.17) is 4.74 Å². The number of alkyl halides is 1. The summed E-state index contributed by atoms with van der Waals surface area (Å²) in [6.45, 7) is 2.88. The van der Waals surface area contributed by atoms with Gasteiger partial charge in [-0.15, -0.1) is 11.8 Å². The molecule has 0 unspecified atom stereocenters. The van der Waals surface area contributed by atoms with Crippen molar-refractivity contribution < 1.29 is 19.0 Å². The Balaban J connectivity index is 1.32. The zero-order valence-electron chi connectivity index (χ0n) is 21.4. The number of pyridine rings is 2. The van der Waals surface area contributed by atoms with Crippen molar-refractivity contribution in [2.75, 3.05) is 32.5 Å². The number of carbonyl (C=O) groups is 1. The maximum atomic E-state index is 15.5. The summed E-state index contributed by atoms with van der Waals surface area (Å²) in [6.07, 6.45) is 8.29. The van der Waals surface area contributed by atoms with Crippen LogP contribution in [0.1, 0.15) is 50.3 Å². The van der Waals surface area contributed by atoms with Gasteiger partial charge < -0.3 is 14.7 Å². The molecule has 6 nitrogen and oxygen atoms in total. The van der Waals surface area contributed by atoms with Crippen LogP contribution < -0.4 is 4.74 Å². The number of ether oxygens (including phenoxy) is 1. The van der Waals surface area contributed by atoms with Crippen LogP contribution in [0.3, 0.4) is 0 Å². The van der Waals surface area contributed by atoms with Crippen LogP contribution in [0.5, 0.6) is 5.75 Å². The quantitative estimate of drug-likeness (QED) is 0.204. The van der Waals surface area contributed by atoms with E-state index in [-0.39, 0.29) is 12.3 Å². The van der Waals surface area contributed by atoms with E-state index in [0.717, 1.165) is 55.6 Å². The molecule has 0 bridgehead atoms. The van der Waals surface area contributed by atoms with Crippen LogP contribution >= 0.6 is 11.8 Å². The zero-order chi connectivity index (χ0) is 26.0. The molecular formula is C29H36FN3O3S. The number of thioether (sulfide) groups is 1. The topological polar surface area (TPSA) is 75.5 Å². The molecule has 37 heavy (non-hydrogen) atoms. The first-order valence-corrected chi connectivity index (χ1v) is 14.1. The maximum absolute atomic E-state index is 15.5. The van der Waals surface area contributed by atoms with E-state index in [1.807, 2.05) is 42.2 Å². The highest BCUT2D eigenvalue weighted by atomic mass is 32.2. The molecule has 3 aromatic rings. The Hall–Kier alpha value is -2.71. The third-order valence-electron chi connectivity index (χ3n) is 7.34. The lowest BCUT2D eigenvalue weighted by atomic mass is 9.79. The van der Waals surface area contributed by atoms with Crippen molar-refractivity contribution in [1.29, 1.82) is 0 Å². The van der Waals surface area contributed by atoms with Crippen molar-refractivity contribution in [2.24, 2.45) is 11.8 Å². The van der Waals surface area contributed by atoms with Crippen molar-refractivity contribution in [3.05, 3.63) is 60.6 Å². The molecule has 1 saturated heterocycles. The Kier molecular flexibility index (Phi) is 10.1. The second-order valence-electron chi connectivity index (χ2n) is 9.76. The van der Waals surface area contributed by atoms with Gasteiger partial charge in [0.25, 0.3) is 0 Å². The summed E-state index contributed by atoms with van der Waals surface area (Å²) in [4.78, 5) is 23.5. The Labute approximate surface area is 222 Å². The number of aliphatic carboxylic acids is 1. The second-order valence-corrected chi connectivity index (χ2v) is 10.9. The molecular weight excluding hydrogens is 489 g/mol. The maximum Gasteiger partial charge on any atom is 0.303 e. The molecule has 1 N–H and O–H groups in total. The predicted molar refractivity (Wildman–Crippen MR) is 146 cm³/mol. The Bertz CT molecular complexity index is 1150. The molecule has 0 aliphatic carbocycles. The predicted octanol–water partition coefficient (Wildman–Crippen LogP) is 6.41. The summed E-state index contributed by atoms with van der Waals surface area (Å²) in [6, 6.07) is 11.3. The van der Waals surface area contributed by atoms with Gasteiger partial charge in [-0.3, -0.25) is 14.8 Å². The molecule has 198 valence electrons. The minimum atomic E-state index is -1.10. The largest absolute Gasteiger partial charge is 0.497 e. The lowest BCUT2D eigenvalue weighted by Crippen LogP contribution is -2.41. The molecule has 0 saturated carbocycles. The summed E-state index contributed by atoms with van der Waals surface area (Å²) < 4.78 is 20.9. The SMILES string of the molecule is COc1ccc2nccc([C@H](F)CC[C@@H]3CCN(CCCSc4cccnc4)C[C@H]3CCC(=O)O)c2c1. The average molecular weight is 526 g/mol. The van der Waals surface area contributed by atoms with Gasteiger partial charge in [0, 0.05) is 41.8 Å². The molecule has 0 radical (unpaired) electrons. The van der Waals surface area contributed by atoms with Crippen molar-refractivity contribution in [1.82, 2.24) is 14.9 Å². The first kappa shape index (κ1) is 27.3. The second kappa shape index (κ2) is 13.7. The normalized spacial score (nSPS) is 19.1. The number of carboxylic acid groups (broad SMARTS) is 1. The van der Waals surface area contributed by atoms with E-state index in [1.165, 1.54) is 4.90 Å². The number of nitrogens with zero attached hydrogens (tertiary/aromatic N) is 3. The molecule has 1 fully saturated rings. The minimum Gasteiger partial charge on any atom is -0.497 e. The number of methoxy groups -OCH3 is 1. The summed E-state index contributed by atoms with van der Waals surface area (Å²) in [7, 11) is 1.60. The zero-order valence-corrected chi connectivity index (χ0v) is 22.2. The molecule has 0 spiro atoms. The van der Waals surface area contributed by atoms with Crippen LogP contribution in [-0.2, 0) is 4.79 Å². The van der Waals surface area contributed by atoms with Crippen LogP contribution in [0.15, 0.2) is 59.9 Å². The molecule has 1 aliphatic heterocycles. The Morgan fingerprint density at radius 3 is 2.92 bits per heavy atom. The average Bonchev–Trinajstić information content (AvgIpc) is 2.93. The number of likely N-dealkylation sites (tertiary alicyclic amines) is 1. The standard InChI is InChI=1S/C29H36FN3O3S/c1-36-23-7-9-28-26(18-23)25(11-14-32-28)27(30)8-5-21-12-16-33(20-22(21)6-10-29(34)35)15-3-17-37-24-4-2-13-31-19-24/h2,4,7,9,11,13-14,18-19,21-22,27H,3,5-6,8,10,12,15-17,20H2,1H3,(H,34,35)/t21-,22-,27-/m1/s1. The van der Waals surface area contributed by atoms with Crippen LogP contribution in [-0.4, -0.2) is 58.4 Å². The number of hydrogen-bond acceptors (Lipinski definition) is 6. The van der Waals surface area contributed by atoms with Crippen molar-refractivity contribution >= 4 is 28.6 Å². The molecule has 1 aliphatic rings. The summed E-state index contributed by atoms with van der Waals surface area (Å²) in [5.74, 6) is 1.57. The summed E-state index contributed by atoms with van der Waals surface area (Å²) >= 11 is 1.82. The van der Waals surface area contributed by atoms with Crippen LogP contribution in [0.4, 0.5) is 4.39 Å². The van der Waals surface area contributed by atoms with Gasteiger partial charge in [0.05, 0.1) is 12.6 Å². The van der Waals surface area contributed by atoms with Gasteiger partial charge in [0.2, 0.25) is 0 Å². The first-order chi connectivity index (χ1) is 18.0. The van der Waals surface area contributed by atoms with Gasteiger partial charge in [-0.05, 0) is 105 Å². The van der Waals surface area contributed by atoms with Gasteiger partial charge in [0.1, 0.15) is 11.9 Å². The molecule has 4 rings (SSSR count). The first-order valence-electron chi connectivity index (χ1n) is 13.1. The van der Waals surface area contributed by atoms with Crippen molar-refractivity contribution in [3.8, 4) is 5.75 Å². The third-order valence-corrected chi connectivity index (χ3v) is 8.40. The van der Waals surface area contributed by atoms with E-state index < -0.39 is 12.1 Å². The van der Waals surface area contributed by atoms with E-state index >= 15 is 4.39 Å². The fourth-order valence-electron chi connectivity index (χ4n) is 5.35. The van der Waals surface area contributed by atoms with Gasteiger partial charge in [0.15, 0.2) is 0 Å². The van der Waals surface area contributed by atoms with E-state index in [9.17, 15) is 9.90 Å². The van der Waals surface area contributed by atoms with Gasteiger partial charge in [-0.25, -0.2) is 4.39 Å². The number of carboxylic acids is 1. The Morgan fingerprint density at radius 2 is 2.14 bits per heavy atom. The summed E-state index contributed by atoms with van der Waals surface area (Å²) in [5.41, 5.74) is 1.41. The van der Waals surface area contributed by atoms with Crippen LogP contribution in [0.2, 0.25) is 0 Å². The smallest absolute Gasteiger partial charge is 0.303 e. The molecule has 1 aromatic carbocycles. The van der Waals surface area contributed by atoms with Gasteiger partial charge in [-0.2, -0.15) is 0 Å². The van der Waals surface area contributed by atoms with E-state index in [2.05, 4.69) is 20.9 Å². The Morgan fingerprint density at radius 1 is 1.24 bits per heavy atom. The molecule has 3 atom stereocenters. The number of piperidine rings is 1. The lowest BCUT2D eigenvalue weighted by molar-refractivity contribution is -0.137. The number of rotatable bonds is 13. The molecule has 8 heteroatoms. The van der Waals surface area contributed by atoms with Crippen LogP contribution in [0.25, 0.3) is 10.9 Å². The number of aromatic nitrogens is 2. The molecule has 0 amide bonds. The third kappa shape index (κ3) is 7.89. The molecule has 3 heterocycles. The number of benzene rings is 1. The van der Waals surface area contributed by atoms with E-state index in [1.54, 1.807) is 25.6 Å². The monoisotopic (exact) mass is 525 g/mol.